The molecular formula is C13H24N2O2S. The predicted octanol–water partition coefficient (Wildman–Crippen LogP) is 1.24. The minimum absolute atomic E-state index is 0.114. The van der Waals surface area contributed by atoms with Gasteiger partial charge in [0.2, 0.25) is 10.0 Å². The van der Waals surface area contributed by atoms with Crippen molar-refractivity contribution in [3.05, 3.63) is 0 Å². The largest absolute Gasteiger partial charge is 0.316 e. The lowest BCUT2D eigenvalue weighted by Gasteiger charge is -2.32. The highest BCUT2D eigenvalue weighted by Crippen LogP contribution is 2.33. The van der Waals surface area contributed by atoms with Gasteiger partial charge in [0, 0.05) is 6.04 Å². The van der Waals surface area contributed by atoms with Gasteiger partial charge in [0.15, 0.2) is 0 Å². The first-order chi connectivity index (χ1) is 8.65. The second kappa shape index (κ2) is 5.10. The van der Waals surface area contributed by atoms with E-state index in [0.29, 0.717) is 5.92 Å². The first-order valence-electron chi connectivity index (χ1n) is 7.37. The third-order valence-corrected chi connectivity index (χ3v) is 7.04. The Morgan fingerprint density at radius 2 is 1.67 bits per heavy atom. The highest BCUT2D eigenvalue weighted by molar-refractivity contribution is 7.90. The summed E-state index contributed by atoms with van der Waals surface area (Å²) >= 11 is 0. The zero-order chi connectivity index (χ0) is 12.6. The van der Waals surface area contributed by atoms with Gasteiger partial charge in [-0.25, -0.2) is 13.1 Å². The van der Waals surface area contributed by atoms with Crippen LogP contribution in [0.3, 0.4) is 0 Å². The fraction of sp³-hybridized carbons (Fsp3) is 1.00. The molecule has 0 aromatic carbocycles. The highest BCUT2D eigenvalue weighted by Gasteiger charge is 2.37. The Kier molecular flexibility index (Phi) is 3.65. The lowest BCUT2D eigenvalue weighted by Crippen LogP contribution is -2.43. The van der Waals surface area contributed by atoms with Crippen molar-refractivity contribution >= 4 is 10.0 Å². The Labute approximate surface area is 110 Å². The van der Waals surface area contributed by atoms with E-state index in [-0.39, 0.29) is 11.3 Å². The van der Waals surface area contributed by atoms with Crippen molar-refractivity contribution in [2.45, 2.75) is 56.2 Å². The maximum absolute atomic E-state index is 12.3. The molecule has 4 nitrogen and oxygen atoms in total. The normalized spacial score (nSPS) is 37.9. The molecule has 1 saturated heterocycles. The van der Waals surface area contributed by atoms with Crippen molar-refractivity contribution in [2.24, 2.45) is 11.8 Å². The number of rotatable bonds is 3. The average Bonchev–Trinajstić information content (AvgIpc) is 2.99. The summed E-state index contributed by atoms with van der Waals surface area (Å²) in [7, 11) is -3.06. The summed E-state index contributed by atoms with van der Waals surface area (Å²) in [5, 5.41) is 3.31. The van der Waals surface area contributed by atoms with Crippen molar-refractivity contribution in [3.8, 4) is 0 Å². The molecular weight excluding hydrogens is 248 g/mol. The fourth-order valence-corrected chi connectivity index (χ4v) is 5.76. The van der Waals surface area contributed by atoms with Crippen molar-refractivity contribution < 1.29 is 8.42 Å². The van der Waals surface area contributed by atoms with E-state index < -0.39 is 10.0 Å². The molecule has 1 aliphatic heterocycles. The molecule has 0 spiro atoms. The van der Waals surface area contributed by atoms with Crippen LogP contribution in [0.15, 0.2) is 0 Å². The molecule has 1 heterocycles. The van der Waals surface area contributed by atoms with Crippen LogP contribution in [0.4, 0.5) is 0 Å². The Bertz CT molecular complexity index is 390. The lowest BCUT2D eigenvalue weighted by atomic mass is 9.79. The van der Waals surface area contributed by atoms with Crippen LogP contribution in [0.25, 0.3) is 0 Å². The molecule has 2 N–H and O–H groups in total. The molecule has 0 amide bonds. The fourth-order valence-electron chi connectivity index (χ4n) is 3.93. The van der Waals surface area contributed by atoms with Gasteiger partial charge in [-0.3, -0.25) is 0 Å². The monoisotopic (exact) mass is 272 g/mol. The summed E-state index contributed by atoms with van der Waals surface area (Å²) in [5.74, 6) is 1.48. The van der Waals surface area contributed by atoms with Gasteiger partial charge in [0.1, 0.15) is 0 Å². The Morgan fingerprint density at radius 3 is 2.44 bits per heavy atom. The van der Waals surface area contributed by atoms with E-state index in [1.165, 1.54) is 6.42 Å². The van der Waals surface area contributed by atoms with Crippen molar-refractivity contribution in [1.29, 1.82) is 0 Å². The van der Waals surface area contributed by atoms with Crippen LogP contribution in [0, 0.1) is 11.8 Å². The summed E-state index contributed by atoms with van der Waals surface area (Å²) in [5.41, 5.74) is 0. The average molecular weight is 272 g/mol. The second-order valence-corrected chi connectivity index (χ2v) is 8.25. The van der Waals surface area contributed by atoms with Gasteiger partial charge in [-0.15, -0.1) is 0 Å². The van der Waals surface area contributed by atoms with E-state index in [1.807, 2.05) is 0 Å². The van der Waals surface area contributed by atoms with Gasteiger partial charge >= 0.3 is 0 Å². The van der Waals surface area contributed by atoms with Gasteiger partial charge in [-0.05, 0) is 57.0 Å². The van der Waals surface area contributed by atoms with Gasteiger partial charge in [0.05, 0.1) is 5.25 Å². The molecule has 0 aromatic rings. The van der Waals surface area contributed by atoms with Gasteiger partial charge in [0.25, 0.3) is 0 Å². The van der Waals surface area contributed by atoms with Crippen LogP contribution in [0.5, 0.6) is 0 Å². The Hall–Kier alpha value is -0.130. The smallest absolute Gasteiger partial charge is 0.214 e. The van der Waals surface area contributed by atoms with Crippen LogP contribution in [-0.2, 0) is 10.0 Å². The highest BCUT2D eigenvalue weighted by atomic mass is 32.2. The minimum Gasteiger partial charge on any atom is -0.316 e. The van der Waals surface area contributed by atoms with Crippen LogP contribution < -0.4 is 10.0 Å². The molecule has 0 aromatic heterocycles. The molecule has 3 rings (SSSR count). The summed E-state index contributed by atoms with van der Waals surface area (Å²) < 4.78 is 27.5. The topological polar surface area (TPSA) is 58.2 Å². The maximum Gasteiger partial charge on any atom is 0.214 e. The zero-order valence-corrected chi connectivity index (χ0v) is 11.7. The third-order valence-electron chi connectivity index (χ3n) is 5.02. The maximum atomic E-state index is 12.3. The lowest BCUT2D eigenvalue weighted by molar-refractivity contribution is 0.260. The molecule has 5 heteroatoms. The van der Waals surface area contributed by atoms with E-state index in [9.17, 15) is 8.42 Å². The van der Waals surface area contributed by atoms with E-state index >= 15 is 0 Å². The van der Waals surface area contributed by atoms with Gasteiger partial charge in [-0.1, -0.05) is 12.8 Å². The van der Waals surface area contributed by atoms with E-state index in [2.05, 4.69) is 10.0 Å². The first kappa shape index (κ1) is 12.9. The van der Waals surface area contributed by atoms with E-state index in [1.54, 1.807) is 0 Å². The molecule has 2 saturated carbocycles. The second-order valence-electron chi connectivity index (χ2n) is 6.26. The van der Waals surface area contributed by atoms with Crippen molar-refractivity contribution in [2.75, 3.05) is 13.1 Å². The third kappa shape index (κ3) is 2.58. The molecule has 3 fully saturated rings. The summed E-state index contributed by atoms with van der Waals surface area (Å²) in [6, 6.07) is 0.191. The number of nitrogens with one attached hydrogen (secondary N) is 2. The van der Waals surface area contributed by atoms with Crippen LogP contribution in [0.1, 0.15) is 44.9 Å². The Balaban J connectivity index is 1.59. The molecule has 104 valence electrons. The molecule has 0 radical (unpaired) electrons. The number of hydrogen-bond donors (Lipinski definition) is 2. The van der Waals surface area contributed by atoms with Crippen LogP contribution >= 0.6 is 0 Å². The van der Waals surface area contributed by atoms with E-state index in [0.717, 1.165) is 57.5 Å². The molecule has 18 heavy (non-hydrogen) atoms. The summed E-state index contributed by atoms with van der Waals surface area (Å²) in [6.07, 6.45) is 7.09. The number of hydrogen-bond acceptors (Lipinski definition) is 3. The summed E-state index contributed by atoms with van der Waals surface area (Å²) in [4.78, 5) is 0. The van der Waals surface area contributed by atoms with E-state index in [4.69, 9.17) is 0 Å². The number of sulfonamides is 1. The minimum atomic E-state index is -3.06. The molecule has 0 bridgehead atoms. The zero-order valence-electron chi connectivity index (χ0n) is 10.9. The summed E-state index contributed by atoms with van der Waals surface area (Å²) in [6.45, 7) is 2.21. The van der Waals surface area contributed by atoms with Crippen molar-refractivity contribution in [1.82, 2.24) is 10.0 Å². The SMILES string of the molecule is O=S(=O)(NC1CC[C@H]2CNC[C@H]2C1)C1CCCC1. The molecule has 1 unspecified atom stereocenters. The Morgan fingerprint density at radius 1 is 0.944 bits per heavy atom. The molecule has 2 aliphatic carbocycles. The van der Waals surface area contributed by atoms with Crippen molar-refractivity contribution in [3.63, 3.8) is 0 Å². The van der Waals surface area contributed by atoms with Crippen LogP contribution in [0.2, 0.25) is 0 Å². The van der Waals surface area contributed by atoms with Crippen LogP contribution in [-0.4, -0.2) is 32.8 Å². The predicted molar refractivity (Wildman–Crippen MR) is 71.8 cm³/mol. The molecule has 3 atom stereocenters. The number of fused-ring (bicyclic) bond motifs is 1. The molecule has 3 aliphatic rings. The standard InChI is InChI=1S/C13H24N2O2S/c16-18(17,13-3-1-2-4-13)15-12-6-5-10-8-14-9-11(10)7-12/h10-15H,1-9H2/t10-,11+,12?/m0/s1. The quantitative estimate of drug-likeness (QED) is 0.812. The van der Waals surface area contributed by atoms with Gasteiger partial charge in [-0.2, -0.15) is 0 Å². The van der Waals surface area contributed by atoms with Gasteiger partial charge < -0.3 is 5.32 Å². The first-order valence-corrected chi connectivity index (χ1v) is 8.91.